The lowest BCUT2D eigenvalue weighted by Gasteiger charge is -2.36. The summed E-state index contributed by atoms with van der Waals surface area (Å²) in [5.41, 5.74) is 1.34. The molecule has 3 aliphatic rings. The summed E-state index contributed by atoms with van der Waals surface area (Å²) >= 11 is 0. The van der Waals surface area contributed by atoms with Crippen molar-refractivity contribution in [2.24, 2.45) is 0 Å². The van der Waals surface area contributed by atoms with Crippen LogP contribution in [0.3, 0.4) is 0 Å². The smallest absolute Gasteiger partial charge is 0.251 e. The predicted molar refractivity (Wildman–Crippen MR) is 115 cm³/mol. The zero-order chi connectivity index (χ0) is 22.7. The fraction of sp³-hybridized carbons (Fsp3) is 0.652. The summed E-state index contributed by atoms with van der Waals surface area (Å²) in [6, 6.07) is 3.43. The molecule has 0 aliphatic carbocycles. The van der Waals surface area contributed by atoms with Crippen LogP contribution in [0.25, 0.3) is 0 Å². The minimum Gasteiger partial charge on any atom is -0.493 e. The van der Waals surface area contributed by atoms with Gasteiger partial charge in [0.1, 0.15) is 24.9 Å². The molecule has 9 nitrogen and oxygen atoms in total. The van der Waals surface area contributed by atoms with Crippen molar-refractivity contribution in [3.8, 4) is 11.5 Å². The summed E-state index contributed by atoms with van der Waals surface area (Å²) in [5.74, 6) is 0.928. The van der Waals surface area contributed by atoms with E-state index in [0.29, 0.717) is 63.0 Å². The third-order valence-corrected chi connectivity index (χ3v) is 6.30. The number of ether oxygens (including phenoxy) is 4. The van der Waals surface area contributed by atoms with Crippen molar-refractivity contribution in [2.75, 3.05) is 53.0 Å². The van der Waals surface area contributed by atoms with E-state index in [-0.39, 0.29) is 24.4 Å². The van der Waals surface area contributed by atoms with E-state index in [2.05, 4.69) is 4.90 Å². The minimum atomic E-state index is -0.714. The van der Waals surface area contributed by atoms with Gasteiger partial charge in [0, 0.05) is 44.9 Å². The Morgan fingerprint density at radius 1 is 1.22 bits per heavy atom. The predicted octanol–water partition coefficient (Wildman–Crippen LogP) is 0.860. The Kier molecular flexibility index (Phi) is 7.30. The van der Waals surface area contributed by atoms with Crippen molar-refractivity contribution in [1.29, 1.82) is 0 Å². The highest BCUT2D eigenvalue weighted by Gasteiger charge is 2.31. The number of ketones is 1. The molecule has 0 spiro atoms. The Hall–Kier alpha value is -2.20. The summed E-state index contributed by atoms with van der Waals surface area (Å²) in [5, 5.41) is 10.5. The van der Waals surface area contributed by atoms with Gasteiger partial charge in [-0.3, -0.25) is 14.5 Å². The standard InChI is InChI=1S/C23H32N2O7/c1-15-22(27)18-11-21(20(29-2)10-16(18)13-31-15)32-14-17(26)12-24-5-7-25(8-6-24)23(28)19-4-3-9-30-19/h10-11,15,17,19,26H,3-9,12-14H2,1-2H3. The molecule has 0 radical (unpaired) electrons. The van der Waals surface area contributed by atoms with Gasteiger partial charge in [0.2, 0.25) is 0 Å². The highest BCUT2D eigenvalue weighted by Crippen LogP contribution is 2.34. The zero-order valence-electron chi connectivity index (χ0n) is 18.7. The molecule has 3 aliphatic heterocycles. The van der Waals surface area contributed by atoms with Gasteiger partial charge >= 0.3 is 0 Å². The molecule has 2 fully saturated rings. The van der Waals surface area contributed by atoms with Crippen molar-refractivity contribution in [3.63, 3.8) is 0 Å². The van der Waals surface area contributed by atoms with E-state index >= 15 is 0 Å². The van der Waals surface area contributed by atoms with Crippen LogP contribution in [0.15, 0.2) is 12.1 Å². The number of Topliss-reactive ketones (excluding diaryl/α,β-unsaturated/α-hetero) is 1. The number of methoxy groups -OCH3 is 1. The van der Waals surface area contributed by atoms with Crippen molar-refractivity contribution >= 4 is 11.7 Å². The van der Waals surface area contributed by atoms with E-state index in [0.717, 1.165) is 18.4 Å². The number of aliphatic hydroxyl groups excluding tert-OH is 1. The molecule has 1 aromatic rings. The number of carbonyl (C=O) groups is 2. The SMILES string of the molecule is COc1cc2c(cc1OCC(O)CN1CCN(C(=O)C3CCCO3)CC1)C(=O)C(C)OC2. The first-order chi connectivity index (χ1) is 15.5. The number of fused-ring (bicyclic) bond motifs is 1. The lowest BCUT2D eigenvalue weighted by Crippen LogP contribution is -2.53. The molecule has 1 N–H and O–H groups in total. The molecule has 0 saturated carbocycles. The fourth-order valence-corrected chi connectivity index (χ4v) is 4.40. The molecule has 9 heteroatoms. The molecular weight excluding hydrogens is 416 g/mol. The Labute approximate surface area is 188 Å². The molecule has 4 rings (SSSR count). The van der Waals surface area contributed by atoms with E-state index in [1.807, 2.05) is 4.90 Å². The number of amides is 1. The largest absolute Gasteiger partial charge is 0.493 e. The normalized spacial score (nSPS) is 24.8. The Morgan fingerprint density at radius 2 is 2.00 bits per heavy atom. The topological polar surface area (TPSA) is 97.8 Å². The van der Waals surface area contributed by atoms with Crippen LogP contribution in [0.2, 0.25) is 0 Å². The van der Waals surface area contributed by atoms with Gasteiger partial charge < -0.3 is 29.0 Å². The molecule has 2 saturated heterocycles. The summed E-state index contributed by atoms with van der Waals surface area (Å²) in [4.78, 5) is 28.9. The number of nitrogens with zero attached hydrogens (tertiary/aromatic N) is 2. The number of aliphatic hydroxyl groups is 1. The third kappa shape index (κ3) is 5.06. The molecule has 3 heterocycles. The summed E-state index contributed by atoms with van der Waals surface area (Å²) in [7, 11) is 1.54. The van der Waals surface area contributed by atoms with Crippen LogP contribution in [-0.4, -0.2) is 98.0 Å². The minimum absolute atomic E-state index is 0.0739. The van der Waals surface area contributed by atoms with Crippen molar-refractivity contribution < 1.29 is 33.6 Å². The average Bonchev–Trinajstić information content (AvgIpc) is 3.35. The number of carbonyl (C=O) groups excluding carboxylic acids is 2. The molecule has 3 unspecified atom stereocenters. The van der Waals surface area contributed by atoms with Crippen LogP contribution in [0.1, 0.15) is 35.7 Å². The Morgan fingerprint density at radius 3 is 2.69 bits per heavy atom. The molecule has 0 bridgehead atoms. The third-order valence-electron chi connectivity index (χ3n) is 6.30. The first-order valence-corrected chi connectivity index (χ1v) is 11.3. The lowest BCUT2D eigenvalue weighted by atomic mass is 9.97. The summed E-state index contributed by atoms with van der Waals surface area (Å²) < 4.78 is 22.2. The summed E-state index contributed by atoms with van der Waals surface area (Å²) in [6.45, 7) is 5.92. The van der Waals surface area contributed by atoms with Gasteiger partial charge in [-0.25, -0.2) is 0 Å². The van der Waals surface area contributed by atoms with E-state index < -0.39 is 12.2 Å². The van der Waals surface area contributed by atoms with Gasteiger partial charge in [0.05, 0.1) is 13.7 Å². The van der Waals surface area contributed by atoms with Gasteiger partial charge in [-0.1, -0.05) is 0 Å². The van der Waals surface area contributed by atoms with Crippen LogP contribution in [-0.2, 0) is 20.9 Å². The van der Waals surface area contributed by atoms with Crippen LogP contribution in [0.4, 0.5) is 0 Å². The highest BCUT2D eigenvalue weighted by molar-refractivity contribution is 6.01. The van der Waals surface area contributed by atoms with E-state index in [9.17, 15) is 14.7 Å². The van der Waals surface area contributed by atoms with Crippen molar-refractivity contribution in [1.82, 2.24) is 9.80 Å². The van der Waals surface area contributed by atoms with Gasteiger partial charge in [0.15, 0.2) is 17.3 Å². The fourth-order valence-electron chi connectivity index (χ4n) is 4.40. The second-order valence-corrected chi connectivity index (χ2v) is 8.57. The molecule has 0 aromatic heterocycles. The van der Waals surface area contributed by atoms with Gasteiger partial charge in [-0.05, 0) is 37.5 Å². The second kappa shape index (κ2) is 10.2. The van der Waals surface area contributed by atoms with Crippen LogP contribution in [0, 0.1) is 0 Å². The van der Waals surface area contributed by atoms with Gasteiger partial charge in [0.25, 0.3) is 5.91 Å². The average molecular weight is 449 g/mol. The van der Waals surface area contributed by atoms with E-state index in [4.69, 9.17) is 18.9 Å². The van der Waals surface area contributed by atoms with Crippen LogP contribution >= 0.6 is 0 Å². The highest BCUT2D eigenvalue weighted by atomic mass is 16.5. The number of piperazine rings is 1. The molecule has 1 aromatic carbocycles. The number of benzene rings is 1. The lowest BCUT2D eigenvalue weighted by molar-refractivity contribution is -0.142. The monoisotopic (exact) mass is 448 g/mol. The van der Waals surface area contributed by atoms with E-state index in [1.165, 1.54) is 7.11 Å². The molecule has 3 atom stereocenters. The number of β-amino-alcohol motifs (C(OH)–C–C–N with tert-alkyl or cyclic N) is 1. The quantitative estimate of drug-likeness (QED) is 0.656. The van der Waals surface area contributed by atoms with Crippen LogP contribution in [0.5, 0.6) is 11.5 Å². The van der Waals surface area contributed by atoms with Crippen LogP contribution < -0.4 is 9.47 Å². The maximum absolute atomic E-state index is 12.5. The Balaban J connectivity index is 1.28. The number of hydrogen-bond acceptors (Lipinski definition) is 8. The first-order valence-electron chi connectivity index (χ1n) is 11.3. The first kappa shape index (κ1) is 23.0. The van der Waals surface area contributed by atoms with Gasteiger partial charge in [-0.15, -0.1) is 0 Å². The van der Waals surface area contributed by atoms with Gasteiger partial charge in [-0.2, -0.15) is 0 Å². The Bertz CT molecular complexity index is 832. The molecule has 176 valence electrons. The zero-order valence-corrected chi connectivity index (χ0v) is 18.7. The maximum atomic E-state index is 12.5. The second-order valence-electron chi connectivity index (χ2n) is 8.57. The summed E-state index contributed by atoms with van der Waals surface area (Å²) in [6.07, 6.45) is 0.264. The molecular formula is C23H32N2O7. The maximum Gasteiger partial charge on any atom is 0.251 e. The van der Waals surface area contributed by atoms with Crippen molar-refractivity contribution in [2.45, 2.75) is 44.7 Å². The number of rotatable bonds is 7. The molecule has 32 heavy (non-hydrogen) atoms. The van der Waals surface area contributed by atoms with Crippen molar-refractivity contribution in [3.05, 3.63) is 23.3 Å². The molecule has 1 amide bonds. The van der Waals surface area contributed by atoms with E-state index in [1.54, 1.807) is 19.1 Å². The number of hydrogen-bond donors (Lipinski definition) is 1.